The van der Waals surface area contributed by atoms with Gasteiger partial charge in [0.25, 0.3) is 11.8 Å². The topological polar surface area (TPSA) is 66.1 Å². The number of aryl methyl sites for hydroxylation is 1. The van der Waals surface area contributed by atoms with E-state index in [0.29, 0.717) is 35.5 Å². The van der Waals surface area contributed by atoms with Gasteiger partial charge in [-0.25, -0.2) is 4.98 Å². The van der Waals surface area contributed by atoms with Crippen LogP contribution in [0.15, 0.2) is 78.9 Å². The molecule has 5 nitrogen and oxygen atoms in total. The lowest BCUT2D eigenvalue weighted by Crippen LogP contribution is -2.31. The van der Waals surface area contributed by atoms with Crippen LogP contribution in [0.4, 0.5) is 0 Å². The molecule has 0 spiro atoms. The summed E-state index contributed by atoms with van der Waals surface area (Å²) in [4.78, 5) is 34.9. The fourth-order valence-electron chi connectivity index (χ4n) is 4.03. The van der Waals surface area contributed by atoms with Gasteiger partial charge in [0.1, 0.15) is 5.82 Å². The van der Waals surface area contributed by atoms with E-state index in [1.807, 2.05) is 54.6 Å². The van der Waals surface area contributed by atoms with Gasteiger partial charge in [0.2, 0.25) is 0 Å². The van der Waals surface area contributed by atoms with E-state index in [2.05, 4.69) is 4.98 Å². The lowest BCUT2D eigenvalue weighted by molar-refractivity contribution is 0.0652. The van der Waals surface area contributed by atoms with Gasteiger partial charge in [-0.15, -0.1) is 0 Å². The molecule has 5 rings (SSSR count). The Labute approximate surface area is 190 Å². The van der Waals surface area contributed by atoms with Crippen LogP contribution in [0, 0.1) is 0 Å². The van der Waals surface area contributed by atoms with Crippen molar-refractivity contribution in [2.75, 3.05) is 6.54 Å². The summed E-state index contributed by atoms with van der Waals surface area (Å²) in [5, 5.41) is 0.666. The second-order valence-corrected chi connectivity index (χ2v) is 8.13. The molecule has 0 unspecified atom stereocenters. The van der Waals surface area contributed by atoms with Crippen LogP contribution in [-0.2, 0) is 6.42 Å². The molecule has 0 fully saturated rings. The summed E-state index contributed by atoms with van der Waals surface area (Å²) in [5.41, 5.74) is 4.73. The Balaban J connectivity index is 1.38. The number of rotatable bonds is 6. The summed E-state index contributed by atoms with van der Waals surface area (Å²) >= 11 is 6.06. The number of nitrogens with zero attached hydrogens (tertiary/aromatic N) is 2. The minimum absolute atomic E-state index is 0.224. The normalized spacial score (nSPS) is 13.0. The lowest BCUT2D eigenvalue weighted by Gasteiger charge is -2.13. The van der Waals surface area contributed by atoms with Crippen molar-refractivity contribution in [3.63, 3.8) is 0 Å². The Kier molecular flexibility index (Phi) is 5.33. The number of benzene rings is 3. The molecule has 2 heterocycles. The zero-order valence-corrected chi connectivity index (χ0v) is 18.0. The second-order valence-electron chi connectivity index (χ2n) is 7.70. The molecule has 1 N–H and O–H groups in total. The van der Waals surface area contributed by atoms with E-state index in [1.54, 1.807) is 24.3 Å². The third kappa shape index (κ3) is 3.72. The lowest BCUT2D eigenvalue weighted by atomic mass is 10.1. The van der Waals surface area contributed by atoms with Crippen molar-refractivity contribution in [1.82, 2.24) is 14.9 Å². The first-order valence-corrected chi connectivity index (χ1v) is 10.8. The van der Waals surface area contributed by atoms with E-state index in [1.165, 1.54) is 4.90 Å². The summed E-state index contributed by atoms with van der Waals surface area (Å²) in [5.74, 6) is 0.336. The number of fused-ring (bicyclic) bond motifs is 1. The molecule has 32 heavy (non-hydrogen) atoms. The van der Waals surface area contributed by atoms with Crippen LogP contribution in [0.2, 0.25) is 5.02 Å². The quantitative estimate of drug-likeness (QED) is 0.394. The number of nitrogens with one attached hydrogen (secondary N) is 1. The second kappa shape index (κ2) is 8.44. The summed E-state index contributed by atoms with van der Waals surface area (Å²) in [6.07, 6.45) is 1.27. The van der Waals surface area contributed by atoms with Crippen LogP contribution in [0.1, 0.15) is 32.8 Å². The average molecular weight is 442 g/mol. The third-order valence-electron chi connectivity index (χ3n) is 5.63. The monoisotopic (exact) mass is 441 g/mol. The number of carbonyl (C=O) groups is 2. The average Bonchev–Trinajstić information content (AvgIpc) is 3.36. The number of hydrogen-bond donors (Lipinski definition) is 1. The molecule has 0 radical (unpaired) electrons. The number of aromatic amines is 1. The molecule has 1 aliphatic heterocycles. The Morgan fingerprint density at radius 1 is 0.781 bits per heavy atom. The highest BCUT2D eigenvalue weighted by atomic mass is 35.5. The highest BCUT2D eigenvalue weighted by Gasteiger charge is 2.34. The maximum Gasteiger partial charge on any atom is 0.261 e. The van der Waals surface area contributed by atoms with Gasteiger partial charge in [-0.1, -0.05) is 66.2 Å². The number of H-pyrrole nitrogens is 1. The first-order valence-electron chi connectivity index (χ1n) is 10.5. The Morgan fingerprint density at radius 3 is 2.06 bits per heavy atom. The van der Waals surface area contributed by atoms with Gasteiger partial charge in [0.05, 0.1) is 16.8 Å². The van der Waals surface area contributed by atoms with Crippen molar-refractivity contribution in [3.8, 4) is 22.6 Å². The first-order chi connectivity index (χ1) is 15.6. The third-order valence-corrected chi connectivity index (χ3v) is 5.88. The molecule has 3 aromatic carbocycles. The maximum atomic E-state index is 12.6. The molecule has 1 aromatic heterocycles. The standard InChI is InChI=1S/C26H20ClN3O2/c27-19-14-12-17(13-15-19)23-22(28-24(29-23)18-7-2-1-3-8-18)11-6-16-30-25(31)20-9-4-5-10-21(20)26(30)32/h1-5,7-10,12-15H,6,11,16H2,(H,28,29). The number of aromatic nitrogens is 2. The predicted octanol–water partition coefficient (Wildman–Crippen LogP) is 5.63. The molecule has 4 aromatic rings. The van der Waals surface area contributed by atoms with E-state index in [0.717, 1.165) is 28.3 Å². The predicted molar refractivity (Wildman–Crippen MR) is 125 cm³/mol. The largest absolute Gasteiger partial charge is 0.341 e. The molecular weight excluding hydrogens is 422 g/mol. The van der Waals surface area contributed by atoms with E-state index < -0.39 is 0 Å². The molecule has 2 amide bonds. The van der Waals surface area contributed by atoms with Crippen LogP contribution in [0.3, 0.4) is 0 Å². The van der Waals surface area contributed by atoms with E-state index in [-0.39, 0.29) is 11.8 Å². The van der Waals surface area contributed by atoms with Gasteiger partial charge in [0.15, 0.2) is 0 Å². The molecule has 0 aliphatic carbocycles. The fourth-order valence-corrected chi connectivity index (χ4v) is 4.15. The minimum Gasteiger partial charge on any atom is -0.341 e. The van der Waals surface area contributed by atoms with Crippen LogP contribution < -0.4 is 0 Å². The molecule has 1 aliphatic rings. The highest BCUT2D eigenvalue weighted by molar-refractivity contribution is 6.30. The molecule has 0 saturated carbocycles. The maximum absolute atomic E-state index is 12.6. The smallest absolute Gasteiger partial charge is 0.261 e. The van der Waals surface area contributed by atoms with Crippen molar-refractivity contribution in [2.24, 2.45) is 0 Å². The van der Waals surface area contributed by atoms with Crippen molar-refractivity contribution < 1.29 is 9.59 Å². The Hall–Kier alpha value is -3.70. The van der Waals surface area contributed by atoms with Gasteiger partial charge < -0.3 is 4.98 Å². The van der Waals surface area contributed by atoms with Crippen molar-refractivity contribution in [1.29, 1.82) is 0 Å². The Bertz CT molecular complexity index is 1260. The zero-order chi connectivity index (χ0) is 22.1. The number of hydrogen-bond acceptors (Lipinski definition) is 3. The first kappa shape index (κ1) is 20.2. The van der Waals surface area contributed by atoms with Crippen LogP contribution >= 0.6 is 11.6 Å². The van der Waals surface area contributed by atoms with Gasteiger partial charge in [-0.05, 0) is 37.1 Å². The minimum atomic E-state index is -0.224. The van der Waals surface area contributed by atoms with E-state index in [9.17, 15) is 9.59 Å². The number of imidazole rings is 1. The number of amides is 2. The summed E-state index contributed by atoms with van der Waals surface area (Å²) < 4.78 is 0. The SMILES string of the molecule is O=C1c2ccccc2C(=O)N1CCCc1[nH]c(-c2ccccc2)nc1-c1ccc(Cl)cc1. The fraction of sp³-hybridized carbons (Fsp3) is 0.115. The molecule has 158 valence electrons. The zero-order valence-electron chi connectivity index (χ0n) is 17.2. The van der Waals surface area contributed by atoms with Crippen molar-refractivity contribution >= 4 is 23.4 Å². The van der Waals surface area contributed by atoms with Crippen molar-refractivity contribution in [3.05, 3.63) is 101 Å². The van der Waals surface area contributed by atoms with Crippen LogP contribution in [-0.4, -0.2) is 33.2 Å². The van der Waals surface area contributed by atoms with Gasteiger partial charge in [-0.2, -0.15) is 0 Å². The van der Waals surface area contributed by atoms with Crippen LogP contribution in [0.5, 0.6) is 0 Å². The summed E-state index contributed by atoms with van der Waals surface area (Å²) in [6.45, 7) is 0.353. The summed E-state index contributed by atoms with van der Waals surface area (Å²) in [6, 6.07) is 24.5. The van der Waals surface area contributed by atoms with Gasteiger partial charge in [0, 0.05) is 28.4 Å². The molecule has 0 bridgehead atoms. The van der Waals surface area contributed by atoms with Crippen molar-refractivity contribution in [2.45, 2.75) is 12.8 Å². The van der Waals surface area contributed by atoms with Gasteiger partial charge >= 0.3 is 0 Å². The van der Waals surface area contributed by atoms with Crippen LogP contribution in [0.25, 0.3) is 22.6 Å². The number of imide groups is 1. The van der Waals surface area contributed by atoms with Gasteiger partial charge in [-0.3, -0.25) is 14.5 Å². The Morgan fingerprint density at radius 2 is 1.41 bits per heavy atom. The highest BCUT2D eigenvalue weighted by Crippen LogP contribution is 2.29. The summed E-state index contributed by atoms with van der Waals surface area (Å²) in [7, 11) is 0. The van der Waals surface area contributed by atoms with E-state index in [4.69, 9.17) is 16.6 Å². The molecular formula is C26H20ClN3O2. The number of carbonyl (C=O) groups excluding carboxylic acids is 2. The molecule has 0 atom stereocenters. The molecule has 6 heteroatoms. The number of halogens is 1. The van der Waals surface area contributed by atoms with E-state index >= 15 is 0 Å². The molecule has 0 saturated heterocycles.